The fourth-order valence-corrected chi connectivity index (χ4v) is 3.28. The van der Waals surface area contributed by atoms with Crippen LogP contribution in [0, 0.1) is 6.92 Å². The van der Waals surface area contributed by atoms with E-state index in [0.29, 0.717) is 0 Å². The third kappa shape index (κ3) is 6.90. The van der Waals surface area contributed by atoms with Gasteiger partial charge in [0.05, 0.1) is 5.69 Å². The Morgan fingerprint density at radius 3 is 2.29 bits per heavy atom. The van der Waals surface area contributed by atoms with Crippen molar-refractivity contribution >= 4 is 0 Å². The number of aromatic nitrogens is 2. The summed E-state index contributed by atoms with van der Waals surface area (Å²) in [6.45, 7) is 5.55. The quantitative estimate of drug-likeness (QED) is 0.430. The molecule has 0 atom stereocenters. The molecule has 2 nitrogen and oxygen atoms in total. The Morgan fingerprint density at radius 2 is 1.54 bits per heavy atom. The average Bonchev–Trinajstić information content (AvgIpc) is 2.95. The highest BCUT2D eigenvalue weighted by Crippen LogP contribution is 2.12. The van der Waals surface area contributed by atoms with Gasteiger partial charge >= 0.3 is 0 Å². The molecule has 2 heteroatoms. The molecule has 0 radical (unpaired) electrons. The van der Waals surface area contributed by atoms with Gasteiger partial charge in [-0.05, 0) is 38.2 Å². The van der Waals surface area contributed by atoms with Gasteiger partial charge in [0.2, 0.25) is 0 Å². The van der Waals surface area contributed by atoms with Crippen LogP contribution in [0.4, 0.5) is 0 Å². The van der Waals surface area contributed by atoms with Gasteiger partial charge in [-0.15, -0.1) is 0 Å². The van der Waals surface area contributed by atoms with Crippen molar-refractivity contribution in [1.82, 2.24) is 9.55 Å². The summed E-state index contributed by atoms with van der Waals surface area (Å²) in [4.78, 5) is 4.74. The average molecular weight is 327 g/mol. The molecule has 0 bridgehead atoms. The van der Waals surface area contributed by atoms with E-state index in [1.807, 2.05) is 0 Å². The lowest BCUT2D eigenvalue weighted by atomic mass is 10.1. The molecule has 0 unspecified atom stereocenters. The van der Waals surface area contributed by atoms with E-state index in [1.54, 1.807) is 0 Å². The Morgan fingerprint density at radius 1 is 0.833 bits per heavy atom. The van der Waals surface area contributed by atoms with Crippen molar-refractivity contribution < 1.29 is 0 Å². The predicted octanol–water partition coefficient (Wildman–Crippen LogP) is 6.12. The topological polar surface area (TPSA) is 17.8 Å². The number of aryl methyl sites for hydroxylation is 4. The number of imidazole rings is 1. The minimum Gasteiger partial charge on any atom is -0.335 e. The van der Waals surface area contributed by atoms with Gasteiger partial charge in [0.1, 0.15) is 5.82 Å². The first-order valence-corrected chi connectivity index (χ1v) is 9.86. The predicted molar refractivity (Wildman–Crippen MR) is 103 cm³/mol. The molecule has 2 aromatic rings. The third-order valence-corrected chi connectivity index (χ3v) is 4.77. The van der Waals surface area contributed by atoms with E-state index in [-0.39, 0.29) is 0 Å². The Bertz CT molecular complexity index is 557. The summed E-state index contributed by atoms with van der Waals surface area (Å²) in [7, 11) is 0. The molecule has 0 saturated carbocycles. The van der Waals surface area contributed by atoms with E-state index in [1.165, 1.54) is 68.4 Å². The maximum absolute atomic E-state index is 4.74. The molecule has 0 aliphatic rings. The minimum absolute atomic E-state index is 1.08. The molecule has 0 spiro atoms. The first kappa shape index (κ1) is 18.8. The molecule has 0 saturated heterocycles. The van der Waals surface area contributed by atoms with Crippen molar-refractivity contribution in [2.45, 2.75) is 84.6 Å². The third-order valence-electron chi connectivity index (χ3n) is 4.77. The fraction of sp³-hybridized carbons (Fsp3) is 0.591. The largest absolute Gasteiger partial charge is 0.335 e. The highest BCUT2D eigenvalue weighted by molar-refractivity contribution is 5.15. The van der Waals surface area contributed by atoms with Gasteiger partial charge in [-0.2, -0.15) is 0 Å². The van der Waals surface area contributed by atoms with Crippen molar-refractivity contribution in [3.8, 4) is 0 Å². The molecule has 0 fully saturated rings. The summed E-state index contributed by atoms with van der Waals surface area (Å²) < 4.78 is 2.35. The SMILES string of the molecule is CCCCCCCCCn1cc(CCCc2ccccc2)nc1C. The normalized spacial score (nSPS) is 11.1. The van der Waals surface area contributed by atoms with Gasteiger partial charge in [-0.1, -0.05) is 75.8 Å². The molecule has 2 rings (SSSR count). The number of rotatable bonds is 12. The second-order valence-electron chi connectivity index (χ2n) is 6.93. The first-order chi connectivity index (χ1) is 11.8. The molecule has 0 N–H and O–H groups in total. The number of benzene rings is 1. The highest BCUT2D eigenvalue weighted by atomic mass is 15.1. The van der Waals surface area contributed by atoms with Crippen LogP contribution in [0.1, 0.15) is 75.4 Å². The van der Waals surface area contributed by atoms with Crippen LogP contribution in [-0.2, 0) is 19.4 Å². The molecule has 1 aromatic heterocycles. The summed E-state index contributed by atoms with van der Waals surface area (Å²) in [6, 6.07) is 10.7. The zero-order valence-electron chi connectivity index (χ0n) is 15.6. The molecule has 1 aromatic carbocycles. The van der Waals surface area contributed by atoms with E-state index >= 15 is 0 Å². The maximum atomic E-state index is 4.74. The van der Waals surface area contributed by atoms with Gasteiger partial charge < -0.3 is 4.57 Å². The number of hydrogen-bond donors (Lipinski definition) is 0. The van der Waals surface area contributed by atoms with Crippen molar-refractivity contribution in [1.29, 1.82) is 0 Å². The number of unbranched alkanes of at least 4 members (excludes halogenated alkanes) is 6. The van der Waals surface area contributed by atoms with E-state index in [4.69, 9.17) is 4.98 Å². The fourth-order valence-electron chi connectivity index (χ4n) is 3.28. The lowest BCUT2D eigenvalue weighted by Crippen LogP contribution is -1.99. The Kier molecular flexibility index (Phi) is 8.65. The second kappa shape index (κ2) is 11.1. The van der Waals surface area contributed by atoms with Crippen LogP contribution in [0.5, 0.6) is 0 Å². The van der Waals surface area contributed by atoms with Gasteiger partial charge in [0, 0.05) is 12.7 Å². The van der Waals surface area contributed by atoms with Gasteiger partial charge in [-0.3, -0.25) is 0 Å². The van der Waals surface area contributed by atoms with Crippen molar-refractivity contribution in [2.24, 2.45) is 0 Å². The van der Waals surface area contributed by atoms with Crippen LogP contribution in [0.25, 0.3) is 0 Å². The van der Waals surface area contributed by atoms with Crippen LogP contribution >= 0.6 is 0 Å². The number of nitrogens with zero attached hydrogens (tertiary/aromatic N) is 2. The van der Waals surface area contributed by atoms with Crippen molar-refractivity contribution in [3.05, 3.63) is 53.6 Å². The molecule has 24 heavy (non-hydrogen) atoms. The lowest BCUT2D eigenvalue weighted by Gasteiger charge is -2.04. The molecule has 1 heterocycles. The van der Waals surface area contributed by atoms with Gasteiger partial charge in [0.25, 0.3) is 0 Å². The molecule has 132 valence electrons. The van der Waals surface area contributed by atoms with Crippen LogP contribution in [0.2, 0.25) is 0 Å². The Balaban J connectivity index is 1.64. The summed E-state index contributed by atoms with van der Waals surface area (Å²) >= 11 is 0. The van der Waals surface area contributed by atoms with E-state index in [2.05, 4.69) is 54.9 Å². The molecule has 0 amide bonds. The summed E-state index contributed by atoms with van der Waals surface area (Å²) in [5.74, 6) is 1.18. The van der Waals surface area contributed by atoms with E-state index in [0.717, 1.165) is 19.4 Å². The Labute approximate surface area is 148 Å². The van der Waals surface area contributed by atoms with Crippen LogP contribution in [0.15, 0.2) is 36.5 Å². The maximum Gasteiger partial charge on any atom is 0.105 e. The summed E-state index contributed by atoms with van der Waals surface area (Å²) in [5, 5.41) is 0. The Hall–Kier alpha value is -1.57. The van der Waals surface area contributed by atoms with E-state index < -0.39 is 0 Å². The minimum atomic E-state index is 1.08. The standard InChI is InChI=1S/C22H34N2/c1-3-4-5-6-7-8-12-18-24-19-22(23-20(24)2)17-13-16-21-14-10-9-11-15-21/h9-11,14-15,19H,3-8,12-13,16-18H2,1-2H3. The van der Waals surface area contributed by atoms with Gasteiger partial charge in [-0.25, -0.2) is 4.98 Å². The molecular weight excluding hydrogens is 292 g/mol. The zero-order valence-corrected chi connectivity index (χ0v) is 15.6. The lowest BCUT2D eigenvalue weighted by molar-refractivity contribution is 0.544. The van der Waals surface area contributed by atoms with Crippen LogP contribution in [0.3, 0.4) is 0 Å². The molecule has 0 aliphatic heterocycles. The van der Waals surface area contributed by atoms with Crippen LogP contribution < -0.4 is 0 Å². The van der Waals surface area contributed by atoms with Gasteiger partial charge in [0.15, 0.2) is 0 Å². The van der Waals surface area contributed by atoms with Crippen molar-refractivity contribution in [3.63, 3.8) is 0 Å². The monoisotopic (exact) mass is 326 g/mol. The number of hydrogen-bond acceptors (Lipinski definition) is 1. The summed E-state index contributed by atoms with van der Waals surface area (Å²) in [5.41, 5.74) is 2.68. The molecule has 0 aliphatic carbocycles. The van der Waals surface area contributed by atoms with Crippen LogP contribution in [-0.4, -0.2) is 9.55 Å². The highest BCUT2D eigenvalue weighted by Gasteiger charge is 2.04. The van der Waals surface area contributed by atoms with Crippen molar-refractivity contribution in [2.75, 3.05) is 0 Å². The molecular formula is C22H34N2. The van der Waals surface area contributed by atoms with E-state index in [9.17, 15) is 0 Å². The smallest absolute Gasteiger partial charge is 0.105 e. The second-order valence-corrected chi connectivity index (χ2v) is 6.93. The zero-order chi connectivity index (χ0) is 17.0. The first-order valence-electron chi connectivity index (χ1n) is 9.86. The summed E-state index contributed by atoms with van der Waals surface area (Å²) in [6.07, 6.45) is 15.2.